The molecular formula is C14H16N4O3. The van der Waals surface area contributed by atoms with E-state index < -0.39 is 6.09 Å². The molecule has 0 fully saturated rings. The van der Waals surface area contributed by atoms with E-state index in [1.165, 1.54) is 6.07 Å². The Morgan fingerprint density at radius 3 is 2.81 bits per heavy atom. The fourth-order valence-electron chi connectivity index (χ4n) is 1.65. The van der Waals surface area contributed by atoms with E-state index in [1.54, 1.807) is 19.1 Å². The predicted octanol–water partition coefficient (Wildman–Crippen LogP) is 1.74. The summed E-state index contributed by atoms with van der Waals surface area (Å²) in [4.78, 5) is 29.4. The zero-order valence-corrected chi connectivity index (χ0v) is 11.6. The Balaban J connectivity index is 1.72. The van der Waals surface area contributed by atoms with Crippen LogP contribution in [0.1, 0.15) is 5.69 Å². The third-order valence-electron chi connectivity index (χ3n) is 2.52. The number of carbonyl (C=O) groups excluding carboxylic acids is 1. The average Bonchev–Trinajstić information content (AvgIpc) is 2.44. The number of aromatic nitrogens is 2. The largest absolute Gasteiger partial charge is 0.447 e. The van der Waals surface area contributed by atoms with Crippen molar-refractivity contribution in [1.29, 1.82) is 0 Å². The van der Waals surface area contributed by atoms with Crippen molar-refractivity contribution >= 4 is 17.7 Å². The van der Waals surface area contributed by atoms with Gasteiger partial charge in [-0.15, -0.1) is 0 Å². The van der Waals surface area contributed by atoms with E-state index in [0.29, 0.717) is 23.9 Å². The highest BCUT2D eigenvalue weighted by Gasteiger charge is 2.02. The van der Waals surface area contributed by atoms with Gasteiger partial charge in [-0.2, -0.15) is 0 Å². The first-order valence-corrected chi connectivity index (χ1v) is 6.44. The molecule has 2 aromatic rings. The van der Waals surface area contributed by atoms with Crippen LogP contribution in [0.2, 0.25) is 0 Å². The lowest BCUT2D eigenvalue weighted by Crippen LogP contribution is -2.20. The summed E-state index contributed by atoms with van der Waals surface area (Å²) in [7, 11) is 0. The van der Waals surface area contributed by atoms with Crippen molar-refractivity contribution in [2.24, 2.45) is 0 Å². The average molecular weight is 288 g/mol. The molecule has 0 atom stereocenters. The molecule has 7 heteroatoms. The van der Waals surface area contributed by atoms with E-state index >= 15 is 0 Å². The number of nitrogens with one attached hydrogen (secondary N) is 3. The molecule has 2 rings (SSSR count). The summed E-state index contributed by atoms with van der Waals surface area (Å²) in [5.74, 6) is 0.354. The standard InChI is InChI=1S/C14H16N4O3/c1-10-9-12(19)18-13(16-10)15-7-8-21-14(20)17-11-5-3-2-4-6-11/h2-6,9H,7-8H2,1H3,(H,17,20)(H2,15,16,18,19). The third-order valence-corrected chi connectivity index (χ3v) is 2.52. The van der Waals surface area contributed by atoms with Gasteiger partial charge >= 0.3 is 6.09 Å². The van der Waals surface area contributed by atoms with Crippen molar-refractivity contribution in [2.45, 2.75) is 6.92 Å². The molecule has 0 radical (unpaired) electrons. The molecule has 3 N–H and O–H groups in total. The Labute approximate surface area is 121 Å². The highest BCUT2D eigenvalue weighted by Crippen LogP contribution is 2.05. The number of hydrogen-bond acceptors (Lipinski definition) is 5. The second-order valence-electron chi connectivity index (χ2n) is 4.29. The Morgan fingerprint density at radius 2 is 2.10 bits per heavy atom. The highest BCUT2D eigenvalue weighted by atomic mass is 16.5. The van der Waals surface area contributed by atoms with Crippen LogP contribution in [0.4, 0.5) is 16.4 Å². The fraction of sp³-hybridized carbons (Fsp3) is 0.214. The number of aromatic amines is 1. The molecule has 1 amide bonds. The first-order chi connectivity index (χ1) is 10.1. The molecule has 1 aromatic heterocycles. The Kier molecular flexibility index (Phi) is 4.92. The van der Waals surface area contributed by atoms with Gasteiger partial charge in [-0.1, -0.05) is 18.2 Å². The molecule has 0 aliphatic rings. The van der Waals surface area contributed by atoms with E-state index in [2.05, 4.69) is 20.6 Å². The van der Waals surface area contributed by atoms with E-state index in [-0.39, 0.29) is 12.2 Å². The van der Waals surface area contributed by atoms with Gasteiger partial charge in [0.1, 0.15) is 6.61 Å². The van der Waals surface area contributed by atoms with Gasteiger partial charge in [0, 0.05) is 17.4 Å². The monoisotopic (exact) mass is 288 g/mol. The maximum atomic E-state index is 11.5. The summed E-state index contributed by atoms with van der Waals surface area (Å²) in [5, 5.41) is 5.47. The van der Waals surface area contributed by atoms with Crippen LogP contribution in [0.25, 0.3) is 0 Å². The van der Waals surface area contributed by atoms with Crippen LogP contribution in [0.15, 0.2) is 41.2 Å². The summed E-state index contributed by atoms with van der Waals surface area (Å²) in [6, 6.07) is 10.4. The number of amides is 1. The van der Waals surface area contributed by atoms with Crippen molar-refractivity contribution in [3.63, 3.8) is 0 Å². The van der Waals surface area contributed by atoms with Crippen molar-refractivity contribution in [3.8, 4) is 0 Å². The molecule has 1 heterocycles. The summed E-state index contributed by atoms with van der Waals surface area (Å²) in [6.45, 7) is 2.22. The molecule has 0 saturated carbocycles. The lowest BCUT2D eigenvalue weighted by molar-refractivity contribution is 0.166. The minimum atomic E-state index is -0.534. The molecule has 0 aliphatic heterocycles. The van der Waals surface area contributed by atoms with Gasteiger partial charge in [-0.3, -0.25) is 15.1 Å². The van der Waals surface area contributed by atoms with Crippen molar-refractivity contribution in [1.82, 2.24) is 9.97 Å². The number of carbonyl (C=O) groups is 1. The smallest absolute Gasteiger partial charge is 0.411 e. The minimum Gasteiger partial charge on any atom is -0.447 e. The van der Waals surface area contributed by atoms with E-state index in [1.807, 2.05) is 18.2 Å². The lowest BCUT2D eigenvalue weighted by atomic mass is 10.3. The van der Waals surface area contributed by atoms with Crippen molar-refractivity contribution in [2.75, 3.05) is 23.8 Å². The first-order valence-electron chi connectivity index (χ1n) is 6.44. The van der Waals surface area contributed by atoms with E-state index in [4.69, 9.17) is 4.74 Å². The quantitative estimate of drug-likeness (QED) is 0.728. The van der Waals surface area contributed by atoms with Crippen molar-refractivity contribution in [3.05, 3.63) is 52.4 Å². The molecule has 110 valence electrons. The van der Waals surface area contributed by atoms with Crippen molar-refractivity contribution < 1.29 is 9.53 Å². The molecule has 0 bridgehead atoms. The van der Waals surface area contributed by atoms with Gasteiger partial charge in [0.2, 0.25) is 5.95 Å². The Hall–Kier alpha value is -2.83. The Morgan fingerprint density at radius 1 is 1.33 bits per heavy atom. The summed E-state index contributed by atoms with van der Waals surface area (Å²) >= 11 is 0. The molecule has 0 unspecified atom stereocenters. The van der Waals surface area contributed by atoms with Gasteiger partial charge in [0.05, 0.1) is 6.54 Å². The number of nitrogens with zero attached hydrogens (tertiary/aromatic N) is 1. The number of rotatable bonds is 5. The molecule has 1 aromatic carbocycles. The maximum absolute atomic E-state index is 11.5. The zero-order chi connectivity index (χ0) is 15.1. The van der Waals surface area contributed by atoms with Crippen LogP contribution in [-0.2, 0) is 4.74 Å². The molecule has 7 nitrogen and oxygen atoms in total. The van der Waals surface area contributed by atoms with Crippen LogP contribution < -0.4 is 16.2 Å². The predicted molar refractivity (Wildman–Crippen MR) is 79.5 cm³/mol. The number of H-pyrrole nitrogens is 1. The SMILES string of the molecule is Cc1cc(=O)[nH]c(NCCOC(=O)Nc2ccccc2)n1. The summed E-state index contributed by atoms with van der Waals surface area (Å²) in [5.41, 5.74) is 1.05. The number of ether oxygens (including phenoxy) is 1. The third kappa shape index (κ3) is 4.98. The van der Waals surface area contributed by atoms with Crippen LogP contribution in [0.5, 0.6) is 0 Å². The lowest BCUT2D eigenvalue weighted by Gasteiger charge is -2.08. The summed E-state index contributed by atoms with van der Waals surface area (Å²) in [6.07, 6.45) is -0.534. The molecule has 0 spiro atoms. The number of aryl methyl sites for hydroxylation is 1. The normalized spacial score (nSPS) is 9.95. The van der Waals surface area contributed by atoms with Gasteiger partial charge in [0.15, 0.2) is 0 Å². The second kappa shape index (κ2) is 7.09. The van der Waals surface area contributed by atoms with E-state index in [9.17, 15) is 9.59 Å². The number of para-hydroxylation sites is 1. The second-order valence-corrected chi connectivity index (χ2v) is 4.29. The van der Waals surface area contributed by atoms with Gasteiger partial charge < -0.3 is 10.1 Å². The molecular weight excluding hydrogens is 272 g/mol. The highest BCUT2D eigenvalue weighted by molar-refractivity contribution is 5.84. The Bertz CT molecular complexity index is 655. The van der Waals surface area contributed by atoms with Gasteiger partial charge in [-0.05, 0) is 19.1 Å². The van der Waals surface area contributed by atoms with Gasteiger partial charge in [0.25, 0.3) is 5.56 Å². The zero-order valence-electron chi connectivity index (χ0n) is 11.6. The minimum absolute atomic E-state index is 0.149. The topological polar surface area (TPSA) is 96.1 Å². The first kappa shape index (κ1) is 14.6. The van der Waals surface area contributed by atoms with Crippen LogP contribution in [-0.4, -0.2) is 29.2 Å². The fourth-order valence-corrected chi connectivity index (χ4v) is 1.65. The van der Waals surface area contributed by atoms with Gasteiger partial charge in [-0.25, -0.2) is 9.78 Å². The van der Waals surface area contributed by atoms with E-state index in [0.717, 1.165) is 0 Å². The number of benzene rings is 1. The molecule has 0 aliphatic carbocycles. The van der Waals surface area contributed by atoms with Crippen LogP contribution in [0.3, 0.4) is 0 Å². The maximum Gasteiger partial charge on any atom is 0.411 e. The number of hydrogen-bond donors (Lipinski definition) is 3. The molecule has 21 heavy (non-hydrogen) atoms. The van der Waals surface area contributed by atoms with Crippen LogP contribution in [0, 0.1) is 6.92 Å². The summed E-state index contributed by atoms with van der Waals surface area (Å²) < 4.78 is 5.00. The van der Waals surface area contributed by atoms with Crippen LogP contribution >= 0.6 is 0 Å². The number of anilines is 2. The molecule has 0 saturated heterocycles.